The standard InChI is InChI=1S/C20H22O3S/c1-4-5-15-12-16(20(23-3)13-19(15)22-2)8-11-18(21)14-6-9-17(24)10-7-14/h6-14H,4-5H2,1-3H3/b11-8+. The van der Waals surface area contributed by atoms with E-state index >= 15 is 0 Å². The number of carbonyl (C=O) groups is 1. The van der Waals surface area contributed by atoms with Crippen LogP contribution >= 0.6 is 12.2 Å². The fraction of sp³-hybridized carbons (Fsp3) is 0.300. The van der Waals surface area contributed by atoms with Crippen molar-refractivity contribution < 1.29 is 14.3 Å². The molecule has 3 nitrogen and oxygen atoms in total. The largest absolute Gasteiger partial charge is 0.496 e. The van der Waals surface area contributed by atoms with Crippen LogP contribution in [0.4, 0.5) is 0 Å². The van der Waals surface area contributed by atoms with Gasteiger partial charge in [-0.1, -0.05) is 37.7 Å². The molecule has 0 amide bonds. The average Bonchev–Trinajstić information content (AvgIpc) is 2.60. The summed E-state index contributed by atoms with van der Waals surface area (Å²) in [6.07, 6.45) is 12.5. The minimum atomic E-state index is -0.257. The Bertz CT molecular complexity index is 698. The van der Waals surface area contributed by atoms with Crippen molar-refractivity contribution in [3.63, 3.8) is 0 Å². The van der Waals surface area contributed by atoms with E-state index in [1.165, 1.54) is 0 Å². The Morgan fingerprint density at radius 3 is 2.42 bits per heavy atom. The first-order valence-corrected chi connectivity index (χ1v) is 8.37. The zero-order valence-electron chi connectivity index (χ0n) is 14.2. The number of ketones is 1. The fourth-order valence-electron chi connectivity index (χ4n) is 2.58. The zero-order valence-corrected chi connectivity index (χ0v) is 15.1. The number of carbonyl (C=O) groups excluding carboxylic acids is 1. The van der Waals surface area contributed by atoms with Crippen LogP contribution in [0.2, 0.25) is 0 Å². The van der Waals surface area contributed by atoms with Crippen molar-refractivity contribution in [2.45, 2.75) is 19.8 Å². The van der Waals surface area contributed by atoms with E-state index in [1.807, 2.05) is 24.3 Å². The maximum absolute atomic E-state index is 12.3. The summed E-state index contributed by atoms with van der Waals surface area (Å²) in [5.74, 6) is 1.25. The van der Waals surface area contributed by atoms with Gasteiger partial charge in [0, 0.05) is 16.5 Å². The molecule has 0 heterocycles. The normalized spacial score (nSPS) is 14.4. The third-order valence-corrected chi connectivity index (χ3v) is 4.12. The minimum absolute atomic E-state index is 0.0138. The SMILES string of the molecule is CCCc1cc(/C=C/C(=O)C2C=CC(=S)C=C2)c(OC)cc1OC. The van der Waals surface area contributed by atoms with E-state index in [0.29, 0.717) is 5.75 Å². The molecule has 0 saturated carbocycles. The van der Waals surface area contributed by atoms with Crippen LogP contribution in [0.25, 0.3) is 6.08 Å². The molecule has 1 aliphatic carbocycles. The van der Waals surface area contributed by atoms with Gasteiger partial charge < -0.3 is 9.47 Å². The first-order valence-electron chi connectivity index (χ1n) is 7.96. The summed E-state index contributed by atoms with van der Waals surface area (Å²) in [7, 11) is 3.26. The lowest BCUT2D eigenvalue weighted by Gasteiger charge is -2.13. The van der Waals surface area contributed by atoms with Gasteiger partial charge in [0.05, 0.1) is 20.1 Å². The molecule has 1 aliphatic rings. The van der Waals surface area contributed by atoms with Gasteiger partial charge in [0.1, 0.15) is 11.5 Å². The Kier molecular flexibility index (Phi) is 6.50. The number of thiocarbonyl (C=S) groups is 1. The summed E-state index contributed by atoms with van der Waals surface area (Å²) in [6, 6.07) is 3.89. The quantitative estimate of drug-likeness (QED) is 0.545. The van der Waals surface area contributed by atoms with E-state index in [0.717, 1.165) is 34.6 Å². The van der Waals surface area contributed by atoms with Crippen LogP contribution in [-0.4, -0.2) is 24.9 Å². The molecule has 0 unspecified atom stereocenters. The number of ether oxygens (including phenoxy) is 2. The molecule has 1 aromatic rings. The fourth-order valence-corrected chi connectivity index (χ4v) is 2.73. The molecule has 0 aliphatic heterocycles. The molecule has 126 valence electrons. The second kappa shape index (κ2) is 8.60. The van der Waals surface area contributed by atoms with Gasteiger partial charge in [-0.2, -0.15) is 0 Å². The Hall–Kier alpha value is -2.20. The lowest BCUT2D eigenvalue weighted by molar-refractivity contribution is -0.115. The highest BCUT2D eigenvalue weighted by Gasteiger charge is 2.13. The van der Waals surface area contributed by atoms with Gasteiger partial charge in [-0.3, -0.25) is 4.79 Å². The van der Waals surface area contributed by atoms with Crippen molar-refractivity contribution in [3.05, 3.63) is 53.6 Å². The van der Waals surface area contributed by atoms with Gasteiger partial charge in [0.15, 0.2) is 5.78 Å². The van der Waals surface area contributed by atoms with Gasteiger partial charge in [0.25, 0.3) is 0 Å². The van der Waals surface area contributed by atoms with Gasteiger partial charge >= 0.3 is 0 Å². The van der Waals surface area contributed by atoms with E-state index in [1.54, 1.807) is 38.5 Å². The molecule has 24 heavy (non-hydrogen) atoms. The first-order chi connectivity index (χ1) is 11.6. The van der Waals surface area contributed by atoms with Crippen molar-refractivity contribution >= 4 is 28.9 Å². The molecular formula is C20H22O3S. The van der Waals surface area contributed by atoms with Gasteiger partial charge in [-0.05, 0) is 42.4 Å². The smallest absolute Gasteiger partial charge is 0.166 e. The van der Waals surface area contributed by atoms with Gasteiger partial charge in [-0.25, -0.2) is 0 Å². The molecule has 0 N–H and O–H groups in total. The Labute approximate surface area is 148 Å². The summed E-state index contributed by atoms with van der Waals surface area (Å²) in [5.41, 5.74) is 1.98. The predicted molar refractivity (Wildman–Crippen MR) is 102 cm³/mol. The van der Waals surface area contributed by atoms with E-state index < -0.39 is 0 Å². The molecule has 0 atom stereocenters. The summed E-state index contributed by atoms with van der Waals surface area (Å²) in [4.78, 5) is 13.1. The average molecular weight is 342 g/mol. The van der Waals surface area contributed by atoms with Gasteiger partial charge in [-0.15, -0.1) is 0 Å². The molecule has 0 spiro atoms. The Morgan fingerprint density at radius 1 is 1.17 bits per heavy atom. The molecule has 0 saturated heterocycles. The summed E-state index contributed by atoms with van der Waals surface area (Å²) in [5, 5.41) is 0. The minimum Gasteiger partial charge on any atom is -0.496 e. The number of aryl methyl sites for hydroxylation is 1. The van der Waals surface area contributed by atoms with Crippen LogP contribution in [0.1, 0.15) is 24.5 Å². The Balaban J connectivity index is 2.25. The summed E-state index contributed by atoms with van der Waals surface area (Å²) >= 11 is 5.05. The number of allylic oxidation sites excluding steroid dienone is 5. The van der Waals surface area contributed by atoms with Gasteiger partial charge in [0.2, 0.25) is 0 Å². The highest BCUT2D eigenvalue weighted by molar-refractivity contribution is 7.81. The highest BCUT2D eigenvalue weighted by atomic mass is 32.1. The van der Waals surface area contributed by atoms with Crippen LogP contribution in [0, 0.1) is 5.92 Å². The lowest BCUT2D eigenvalue weighted by atomic mass is 9.97. The monoisotopic (exact) mass is 342 g/mol. The highest BCUT2D eigenvalue weighted by Crippen LogP contribution is 2.31. The van der Waals surface area contributed by atoms with Crippen LogP contribution in [-0.2, 0) is 11.2 Å². The van der Waals surface area contributed by atoms with Crippen molar-refractivity contribution in [1.29, 1.82) is 0 Å². The van der Waals surface area contributed by atoms with Crippen LogP contribution in [0.3, 0.4) is 0 Å². The second-order valence-corrected chi connectivity index (χ2v) is 6.01. The lowest BCUT2D eigenvalue weighted by Crippen LogP contribution is -2.09. The number of methoxy groups -OCH3 is 2. The summed E-state index contributed by atoms with van der Waals surface area (Å²) < 4.78 is 10.8. The molecule has 1 aromatic carbocycles. The van der Waals surface area contributed by atoms with Crippen LogP contribution < -0.4 is 9.47 Å². The molecule has 0 bridgehead atoms. The molecule has 2 rings (SSSR count). The number of rotatable bonds is 7. The van der Waals surface area contributed by atoms with Crippen molar-refractivity contribution in [1.82, 2.24) is 0 Å². The van der Waals surface area contributed by atoms with E-state index in [9.17, 15) is 4.79 Å². The number of hydrogen-bond donors (Lipinski definition) is 0. The van der Waals surface area contributed by atoms with Crippen LogP contribution in [0.15, 0.2) is 42.5 Å². The number of hydrogen-bond acceptors (Lipinski definition) is 4. The molecule has 0 fully saturated rings. The molecule has 0 aromatic heterocycles. The van der Waals surface area contributed by atoms with Crippen molar-refractivity contribution in [2.75, 3.05) is 14.2 Å². The van der Waals surface area contributed by atoms with Crippen molar-refractivity contribution in [3.8, 4) is 11.5 Å². The Morgan fingerprint density at radius 2 is 1.83 bits per heavy atom. The predicted octanol–water partition coefficient (Wildman–Crippen LogP) is 4.35. The third kappa shape index (κ3) is 4.42. The van der Waals surface area contributed by atoms with E-state index in [-0.39, 0.29) is 11.7 Å². The zero-order chi connectivity index (χ0) is 17.5. The molecular weight excluding hydrogens is 320 g/mol. The van der Waals surface area contributed by atoms with Crippen molar-refractivity contribution in [2.24, 2.45) is 5.92 Å². The molecule has 4 heteroatoms. The van der Waals surface area contributed by atoms with Crippen LogP contribution in [0.5, 0.6) is 11.5 Å². The maximum Gasteiger partial charge on any atom is 0.166 e. The summed E-state index contributed by atoms with van der Waals surface area (Å²) in [6.45, 7) is 2.12. The van der Waals surface area contributed by atoms with E-state index in [2.05, 4.69) is 6.92 Å². The maximum atomic E-state index is 12.3. The molecule has 0 radical (unpaired) electrons. The first kappa shape index (κ1) is 18.1. The third-order valence-electron chi connectivity index (χ3n) is 3.84. The second-order valence-electron chi connectivity index (χ2n) is 5.54. The number of benzene rings is 1. The topological polar surface area (TPSA) is 35.5 Å². The van der Waals surface area contributed by atoms with E-state index in [4.69, 9.17) is 21.7 Å².